The van der Waals surface area contributed by atoms with Crippen LogP contribution in [0.2, 0.25) is 0 Å². The van der Waals surface area contributed by atoms with Crippen molar-refractivity contribution >= 4 is 11.9 Å². The second-order valence-corrected chi connectivity index (χ2v) is 22.5. The first-order chi connectivity index (χ1) is 30.7. The van der Waals surface area contributed by atoms with Crippen LogP contribution in [0.5, 0.6) is 5.75 Å². The molecule has 4 nitrogen and oxygen atoms in total. The number of ether oxygens (including phenoxy) is 1. The minimum absolute atomic E-state index is 0.0104. The lowest BCUT2D eigenvalue weighted by Crippen LogP contribution is -2.52. The van der Waals surface area contributed by atoms with Crippen molar-refractivity contribution in [2.24, 2.45) is 46.8 Å². The second kappa shape index (κ2) is 23.2. The molecule has 5 aliphatic rings. The standard InChI is InChI=1S/C59H90O4/c1-5-9-11-14-45-19-25-50(26-20-45)51-31-36-54(56(60)63-53-34-29-49(30-35-53)47-23-17-44(13-8-4)18-24-47)55(42-51)59(57(61)62)40-38-58(39-41-59,37-10-6-2)52-32-27-48(28-33-52)46-21-15-43(12-7-3)16-22-46/h27-30,32-35,43-47,50-51,54-55H,5-26,31,36-42H2,1-4H3,(H,61,62)/t43?,44-,45-,46?,47-,50-,51-,54-,55?,58-,59-/m0/s1. The summed E-state index contributed by atoms with van der Waals surface area (Å²) in [5, 5.41) is 11.6. The van der Waals surface area contributed by atoms with Gasteiger partial charge in [0, 0.05) is 0 Å². The van der Waals surface area contributed by atoms with Crippen molar-refractivity contribution in [2.45, 2.75) is 238 Å². The van der Waals surface area contributed by atoms with E-state index in [1.54, 1.807) is 0 Å². The second-order valence-electron chi connectivity index (χ2n) is 22.5. The lowest BCUT2D eigenvalue weighted by molar-refractivity contribution is -0.166. The minimum Gasteiger partial charge on any atom is -0.481 e. The van der Waals surface area contributed by atoms with E-state index in [1.165, 1.54) is 145 Å². The molecule has 63 heavy (non-hydrogen) atoms. The molecule has 0 aliphatic heterocycles. The maximum atomic E-state index is 14.6. The summed E-state index contributed by atoms with van der Waals surface area (Å²) in [6.07, 6.45) is 35.4. The maximum Gasteiger partial charge on any atom is 0.314 e. The fraction of sp³-hybridized carbons (Fsp3) is 0.763. The molecular weight excluding hydrogens is 773 g/mol. The number of esters is 1. The van der Waals surface area contributed by atoms with Crippen molar-refractivity contribution < 1.29 is 19.4 Å². The zero-order valence-corrected chi connectivity index (χ0v) is 40.7. The Morgan fingerprint density at radius 2 is 1.06 bits per heavy atom. The van der Waals surface area contributed by atoms with Gasteiger partial charge in [0.15, 0.2) is 0 Å². The molecule has 5 aliphatic carbocycles. The van der Waals surface area contributed by atoms with Crippen LogP contribution >= 0.6 is 0 Å². The summed E-state index contributed by atoms with van der Waals surface area (Å²) in [6.45, 7) is 9.21. The Labute approximate surface area is 385 Å². The molecule has 5 fully saturated rings. The molecule has 0 aromatic heterocycles. The molecule has 0 heterocycles. The number of benzene rings is 2. The van der Waals surface area contributed by atoms with Crippen molar-refractivity contribution in [1.29, 1.82) is 0 Å². The van der Waals surface area contributed by atoms with E-state index in [2.05, 4.69) is 64.1 Å². The van der Waals surface area contributed by atoms with Crippen LogP contribution in [0.25, 0.3) is 0 Å². The lowest BCUT2D eigenvalue weighted by atomic mass is 9.51. The first-order valence-electron chi connectivity index (χ1n) is 27.4. The molecule has 5 saturated carbocycles. The van der Waals surface area contributed by atoms with Crippen molar-refractivity contribution in [2.75, 3.05) is 0 Å². The van der Waals surface area contributed by atoms with E-state index >= 15 is 0 Å². The van der Waals surface area contributed by atoms with Crippen LogP contribution < -0.4 is 4.74 Å². The number of carbonyl (C=O) groups is 2. The van der Waals surface area contributed by atoms with Crippen molar-refractivity contribution in [3.8, 4) is 5.75 Å². The largest absolute Gasteiger partial charge is 0.481 e. The number of carboxylic acid groups (broad SMARTS) is 1. The van der Waals surface area contributed by atoms with Gasteiger partial charge >= 0.3 is 11.9 Å². The van der Waals surface area contributed by atoms with E-state index in [0.29, 0.717) is 42.3 Å². The van der Waals surface area contributed by atoms with Gasteiger partial charge in [0.2, 0.25) is 0 Å². The summed E-state index contributed by atoms with van der Waals surface area (Å²) in [4.78, 5) is 28.7. The summed E-state index contributed by atoms with van der Waals surface area (Å²) < 4.78 is 6.34. The predicted octanol–water partition coefficient (Wildman–Crippen LogP) is 16.9. The molecule has 7 rings (SSSR count). The van der Waals surface area contributed by atoms with Gasteiger partial charge in [-0.05, 0) is 197 Å². The number of carbonyl (C=O) groups excluding carboxylic acids is 1. The molecule has 0 amide bonds. The van der Waals surface area contributed by atoms with Crippen LogP contribution in [0.3, 0.4) is 0 Å². The highest BCUT2D eigenvalue weighted by atomic mass is 16.5. The molecule has 3 atom stereocenters. The van der Waals surface area contributed by atoms with Crippen LogP contribution in [-0.4, -0.2) is 17.0 Å². The lowest BCUT2D eigenvalue weighted by Gasteiger charge is -2.52. The van der Waals surface area contributed by atoms with Gasteiger partial charge in [0.05, 0.1) is 11.3 Å². The number of rotatable bonds is 19. The average Bonchev–Trinajstić information content (AvgIpc) is 3.32. The monoisotopic (exact) mass is 863 g/mol. The number of aliphatic carboxylic acids is 1. The fourth-order valence-corrected chi connectivity index (χ4v) is 14.8. The number of unbranched alkanes of at least 4 members (excludes halogenated alkanes) is 3. The van der Waals surface area contributed by atoms with Gasteiger partial charge in [-0.1, -0.05) is 141 Å². The van der Waals surface area contributed by atoms with Crippen molar-refractivity contribution in [1.82, 2.24) is 0 Å². The molecule has 1 unspecified atom stereocenters. The summed E-state index contributed by atoms with van der Waals surface area (Å²) in [7, 11) is 0. The van der Waals surface area contributed by atoms with Crippen LogP contribution in [0.15, 0.2) is 48.5 Å². The first kappa shape index (κ1) is 48.3. The summed E-state index contributed by atoms with van der Waals surface area (Å²) in [5.41, 5.74) is 3.37. The smallest absolute Gasteiger partial charge is 0.314 e. The van der Waals surface area contributed by atoms with E-state index in [9.17, 15) is 14.7 Å². The highest BCUT2D eigenvalue weighted by Gasteiger charge is 2.57. The minimum atomic E-state index is -0.910. The summed E-state index contributed by atoms with van der Waals surface area (Å²) in [5.74, 6) is 4.23. The van der Waals surface area contributed by atoms with Crippen LogP contribution in [0, 0.1) is 46.8 Å². The van der Waals surface area contributed by atoms with E-state index in [-0.39, 0.29) is 23.2 Å². The van der Waals surface area contributed by atoms with Crippen molar-refractivity contribution in [3.63, 3.8) is 0 Å². The molecule has 2 aromatic carbocycles. The van der Waals surface area contributed by atoms with Crippen molar-refractivity contribution in [3.05, 3.63) is 65.2 Å². The van der Waals surface area contributed by atoms with E-state index in [4.69, 9.17) is 4.74 Å². The quantitative estimate of drug-likeness (QED) is 0.0868. The molecule has 0 bridgehead atoms. The highest BCUT2D eigenvalue weighted by molar-refractivity contribution is 5.80. The van der Waals surface area contributed by atoms with Crippen LogP contribution in [0.1, 0.15) is 249 Å². The fourth-order valence-electron chi connectivity index (χ4n) is 14.8. The zero-order chi connectivity index (χ0) is 44.2. The van der Waals surface area contributed by atoms with Gasteiger partial charge in [-0.25, -0.2) is 0 Å². The van der Waals surface area contributed by atoms with Gasteiger partial charge in [-0.2, -0.15) is 0 Å². The predicted molar refractivity (Wildman–Crippen MR) is 261 cm³/mol. The number of hydrogen-bond acceptors (Lipinski definition) is 3. The van der Waals surface area contributed by atoms with E-state index in [1.807, 2.05) is 12.1 Å². The molecular formula is C59H90O4. The van der Waals surface area contributed by atoms with Crippen LogP contribution in [-0.2, 0) is 15.0 Å². The zero-order valence-electron chi connectivity index (χ0n) is 40.7. The SMILES string of the molecule is CCCCC[C@H]1CC[C@H]([C@H]2CC[C@H](C(=O)Oc3ccc([C@H]4CC[C@H](CCC)CC4)cc3)C([C@]3(C(=O)O)CC[C@](CCCC)(c4ccc(C5CCC(CCC)CC5)cc4)CC3)C2)CC1. The number of carboxylic acids is 1. The average molecular weight is 863 g/mol. The molecule has 1 N–H and O–H groups in total. The van der Waals surface area contributed by atoms with Gasteiger partial charge < -0.3 is 9.84 Å². The number of hydrogen-bond donors (Lipinski definition) is 1. The topological polar surface area (TPSA) is 63.6 Å². The van der Waals surface area contributed by atoms with E-state index in [0.717, 1.165) is 69.1 Å². The molecule has 350 valence electrons. The Bertz CT molecular complexity index is 1660. The summed E-state index contributed by atoms with van der Waals surface area (Å²) >= 11 is 0. The van der Waals surface area contributed by atoms with Gasteiger partial charge in [-0.15, -0.1) is 0 Å². The van der Waals surface area contributed by atoms with Gasteiger partial charge in [-0.3, -0.25) is 9.59 Å². The summed E-state index contributed by atoms with van der Waals surface area (Å²) in [6, 6.07) is 18.2. The molecule has 4 heteroatoms. The molecule has 0 saturated heterocycles. The molecule has 2 aromatic rings. The molecule has 0 spiro atoms. The Morgan fingerprint density at radius 3 is 1.59 bits per heavy atom. The Morgan fingerprint density at radius 1 is 0.556 bits per heavy atom. The Balaban J connectivity index is 1.08. The van der Waals surface area contributed by atoms with Gasteiger partial charge in [0.1, 0.15) is 5.75 Å². The normalized spacial score (nSPS) is 34.0. The highest BCUT2D eigenvalue weighted by Crippen LogP contribution is 2.59. The van der Waals surface area contributed by atoms with Gasteiger partial charge in [0.25, 0.3) is 0 Å². The first-order valence-corrected chi connectivity index (χ1v) is 27.4. The third kappa shape index (κ3) is 11.9. The molecule has 0 radical (unpaired) electrons. The third-order valence-electron chi connectivity index (χ3n) is 18.9. The Kier molecular flexibility index (Phi) is 17.8. The van der Waals surface area contributed by atoms with E-state index < -0.39 is 11.4 Å². The third-order valence-corrected chi connectivity index (χ3v) is 18.9. The Hall–Kier alpha value is -2.62. The maximum absolute atomic E-state index is 14.6. The van der Waals surface area contributed by atoms with Crippen LogP contribution in [0.4, 0.5) is 0 Å².